The van der Waals surface area contributed by atoms with Gasteiger partial charge in [-0.25, -0.2) is 29.9 Å². The monoisotopic (exact) mass is 678 g/mol. The molecule has 196 valence electrons. The molecule has 9 rings (SSSR count). The first-order valence-electron chi connectivity index (χ1n) is 13.0. The van der Waals surface area contributed by atoms with Crippen molar-refractivity contribution >= 4 is 44.1 Å². The molecule has 4 aromatic carbocycles. The molecule has 2 aliphatic heterocycles. The SMILES string of the molecule is [Dy].c1ccc2c(c1)-c1nc-2nc2[nH]c(nc3nc(nc4[nH]c(n1)c1ccccc41)-c1ccccc1-3)c1ccccc21. The van der Waals surface area contributed by atoms with Gasteiger partial charge in [0.2, 0.25) is 0 Å². The van der Waals surface area contributed by atoms with Gasteiger partial charge in [-0.05, 0) is 0 Å². The largest absolute Gasteiger partial charge is 0.324 e. The van der Waals surface area contributed by atoms with Crippen molar-refractivity contribution in [1.82, 2.24) is 39.9 Å². The van der Waals surface area contributed by atoms with Crippen LogP contribution < -0.4 is 0 Å². The zero-order valence-corrected chi connectivity index (χ0v) is 23.3. The van der Waals surface area contributed by atoms with Crippen LogP contribution in [0.25, 0.3) is 89.7 Å². The van der Waals surface area contributed by atoms with E-state index in [1.807, 2.05) is 97.1 Å². The Bertz CT molecular complexity index is 2030. The van der Waals surface area contributed by atoms with E-state index >= 15 is 0 Å². The predicted molar refractivity (Wildman–Crippen MR) is 156 cm³/mol. The molecule has 7 aromatic rings. The van der Waals surface area contributed by atoms with Crippen LogP contribution in [0.4, 0.5) is 0 Å². The van der Waals surface area contributed by atoms with E-state index < -0.39 is 0 Å². The van der Waals surface area contributed by atoms with Gasteiger partial charge in [-0.15, -0.1) is 0 Å². The number of aromatic amines is 2. The molecule has 0 aliphatic carbocycles. The average molecular weight is 677 g/mol. The Morgan fingerprint density at radius 3 is 0.829 bits per heavy atom. The summed E-state index contributed by atoms with van der Waals surface area (Å²) in [6, 6.07) is 32.2. The topological polar surface area (TPSA) is 109 Å². The molecule has 8 nitrogen and oxygen atoms in total. The minimum atomic E-state index is 0. The second kappa shape index (κ2) is 9.28. The van der Waals surface area contributed by atoms with Crippen molar-refractivity contribution in [3.8, 4) is 45.6 Å². The second-order valence-corrected chi connectivity index (χ2v) is 9.79. The van der Waals surface area contributed by atoms with E-state index in [0.717, 1.165) is 43.8 Å². The Balaban J connectivity index is 0.00000256. The third kappa shape index (κ3) is 3.72. The van der Waals surface area contributed by atoms with Gasteiger partial charge in [-0.1, -0.05) is 97.1 Å². The maximum atomic E-state index is 5.02. The van der Waals surface area contributed by atoms with Crippen LogP contribution in [0.5, 0.6) is 0 Å². The smallest absolute Gasteiger partial charge is 0.164 e. The Hall–Kier alpha value is -4.49. The fourth-order valence-corrected chi connectivity index (χ4v) is 5.59. The molecule has 0 radical (unpaired) electrons. The van der Waals surface area contributed by atoms with Crippen LogP contribution in [0.15, 0.2) is 97.1 Å². The number of H-pyrrole nitrogens is 2. The summed E-state index contributed by atoms with van der Waals surface area (Å²) in [5.41, 5.74) is 6.45. The van der Waals surface area contributed by atoms with Crippen LogP contribution in [0, 0.1) is 38.2 Å². The first kappa shape index (κ1) is 24.3. The van der Waals surface area contributed by atoms with Gasteiger partial charge in [-0.2, -0.15) is 0 Å². The van der Waals surface area contributed by atoms with Gasteiger partial charge in [-0.3, -0.25) is 0 Å². The number of aromatic nitrogens is 8. The van der Waals surface area contributed by atoms with Crippen molar-refractivity contribution in [3.05, 3.63) is 97.1 Å². The van der Waals surface area contributed by atoms with Crippen molar-refractivity contribution in [2.75, 3.05) is 0 Å². The predicted octanol–water partition coefficient (Wildman–Crippen LogP) is 6.87. The van der Waals surface area contributed by atoms with Gasteiger partial charge in [0.1, 0.15) is 22.6 Å². The Kier molecular flexibility index (Phi) is 5.51. The van der Waals surface area contributed by atoms with E-state index in [0.29, 0.717) is 45.9 Å². The summed E-state index contributed by atoms with van der Waals surface area (Å²) in [5, 5.41) is 3.82. The van der Waals surface area contributed by atoms with Gasteiger partial charge in [0, 0.05) is 82.0 Å². The number of hydrogen-bond acceptors (Lipinski definition) is 6. The van der Waals surface area contributed by atoms with E-state index in [4.69, 9.17) is 29.9 Å². The molecule has 5 heterocycles. The first-order valence-corrected chi connectivity index (χ1v) is 13.0. The van der Waals surface area contributed by atoms with Crippen LogP contribution in [-0.2, 0) is 0 Å². The van der Waals surface area contributed by atoms with Crippen molar-refractivity contribution in [1.29, 1.82) is 0 Å². The maximum absolute atomic E-state index is 5.02. The number of nitrogens with zero attached hydrogens (tertiary/aromatic N) is 6. The molecule has 3 aromatic heterocycles. The van der Waals surface area contributed by atoms with Gasteiger partial charge in [0.25, 0.3) is 0 Å². The Morgan fingerprint density at radius 1 is 0.317 bits per heavy atom. The summed E-state index contributed by atoms with van der Waals surface area (Å²) in [7, 11) is 0. The van der Waals surface area contributed by atoms with Gasteiger partial charge in [0.15, 0.2) is 23.3 Å². The summed E-state index contributed by atoms with van der Waals surface area (Å²) in [6.07, 6.45) is 0. The zero-order valence-electron chi connectivity index (χ0n) is 21.2. The normalized spacial score (nSPS) is 11.7. The third-order valence-electron chi connectivity index (χ3n) is 7.46. The van der Waals surface area contributed by atoms with Gasteiger partial charge < -0.3 is 9.97 Å². The molecule has 0 amide bonds. The molecule has 8 bridgehead atoms. The summed E-state index contributed by atoms with van der Waals surface area (Å²) in [5.74, 6) is 2.39. The molecular weight excluding hydrogens is 659 g/mol. The van der Waals surface area contributed by atoms with E-state index in [1.165, 1.54) is 0 Å². The average Bonchev–Trinajstić information content (AvgIpc) is 3.73. The number of hydrogen-bond donors (Lipinski definition) is 2. The second-order valence-electron chi connectivity index (χ2n) is 9.79. The molecule has 0 unspecified atom stereocenters. The number of nitrogens with one attached hydrogen (secondary N) is 2. The molecular formula is C32H18DyN8. The van der Waals surface area contributed by atoms with E-state index in [2.05, 4.69) is 9.97 Å². The Morgan fingerprint density at radius 2 is 0.561 bits per heavy atom. The third-order valence-corrected chi connectivity index (χ3v) is 7.46. The molecule has 0 atom stereocenters. The number of fused-ring (bicyclic) bond motifs is 20. The quantitative estimate of drug-likeness (QED) is 0.182. The van der Waals surface area contributed by atoms with Crippen molar-refractivity contribution in [2.45, 2.75) is 0 Å². The van der Waals surface area contributed by atoms with Gasteiger partial charge in [0.05, 0.1) is 0 Å². The molecule has 0 fully saturated rings. The molecule has 2 aliphatic rings. The van der Waals surface area contributed by atoms with Crippen molar-refractivity contribution in [2.24, 2.45) is 0 Å². The summed E-state index contributed by atoms with van der Waals surface area (Å²) in [4.78, 5) is 36.8. The fourth-order valence-electron chi connectivity index (χ4n) is 5.59. The summed E-state index contributed by atoms with van der Waals surface area (Å²) >= 11 is 0. The summed E-state index contributed by atoms with van der Waals surface area (Å²) in [6.45, 7) is 0. The minimum Gasteiger partial charge on any atom is -0.324 e. The molecule has 0 spiro atoms. The molecule has 9 heteroatoms. The van der Waals surface area contributed by atoms with Crippen LogP contribution in [-0.4, -0.2) is 39.9 Å². The molecule has 0 saturated heterocycles. The number of benzene rings is 4. The maximum Gasteiger partial charge on any atom is 0.164 e. The van der Waals surface area contributed by atoms with E-state index in [-0.39, 0.29) is 38.2 Å². The van der Waals surface area contributed by atoms with E-state index in [1.54, 1.807) is 0 Å². The first-order chi connectivity index (χ1) is 19.8. The fraction of sp³-hybridized carbons (Fsp3) is 0. The standard InChI is InChI=1S/C32H18N8.Dy/c1-2-10-18-17(9-1)25-33-26(18)38-28-21-13-5-6-14-22(21)30(35-28)40-32-24-16-8-7-15-23(24)31(36-32)39-29-20-12-4-3-11-19(20)27(34-29)37-25;/h1-16H,(H2,33,34,35,36,37,38,39,40);. The zero-order chi connectivity index (χ0) is 26.2. The summed E-state index contributed by atoms with van der Waals surface area (Å²) < 4.78 is 0. The molecule has 0 saturated carbocycles. The van der Waals surface area contributed by atoms with Crippen LogP contribution >= 0.6 is 0 Å². The van der Waals surface area contributed by atoms with Crippen LogP contribution in [0.3, 0.4) is 0 Å². The van der Waals surface area contributed by atoms with Crippen molar-refractivity contribution < 1.29 is 38.2 Å². The number of rotatable bonds is 0. The van der Waals surface area contributed by atoms with Crippen LogP contribution in [0.1, 0.15) is 0 Å². The van der Waals surface area contributed by atoms with E-state index in [9.17, 15) is 0 Å². The molecule has 41 heavy (non-hydrogen) atoms. The van der Waals surface area contributed by atoms with Gasteiger partial charge >= 0.3 is 0 Å². The van der Waals surface area contributed by atoms with Crippen LogP contribution in [0.2, 0.25) is 0 Å². The Labute approximate surface area is 263 Å². The minimum absolute atomic E-state index is 0. The molecule has 2 N–H and O–H groups in total. The van der Waals surface area contributed by atoms with Crippen molar-refractivity contribution in [3.63, 3.8) is 0 Å².